The Balaban J connectivity index is 1.69. The first-order chi connectivity index (χ1) is 15.5. The van der Waals surface area contributed by atoms with Crippen LogP contribution in [0.15, 0.2) is 54.6 Å². The standard InChI is InChI=1S/C27H39NO4/c1-22(12-9-10-15-23-13-6-5-7-14-23)25(29)19-17-24-18-20-26(30)28(24)21-11-4-3-8-16-27(31)32-2/h4-7,11,13-14,17,19,22,24-25,29H,3,8-10,12,15-16,18,20-21H2,1-2H3/t22-,24?,25+/m0/s1. The highest BCUT2D eigenvalue weighted by molar-refractivity contribution is 5.79. The van der Waals surface area contributed by atoms with Gasteiger partial charge in [0.25, 0.3) is 0 Å². The van der Waals surface area contributed by atoms with E-state index in [1.165, 1.54) is 12.7 Å². The highest BCUT2D eigenvalue weighted by atomic mass is 16.5. The quantitative estimate of drug-likeness (QED) is 0.255. The van der Waals surface area contributed by atoms with E-state index in [-0.39, 0.29) is 23.8 Å². The maximum absolute atomic E-state index is 12.2. The van der Waals surface area contributed by atoms with Crippen LogP contribution in [0.3, 0.4) is 0 Å². The van der Waals surface area contributed by atoms with Gasteiger partial charge in [0.2, 0.25) is 5.91 Å². The minimum absolute atomic E-state index is 0.0437. The van der Waals surface area contributed by atoms with Gasteiger partial charge in [-0.1, -0.05) is 68.0 Å². The number of rotatable bonds is 14. The van der Waals surface area contributed by atoms with Crippen molar-refractivity contribution >= 4 is 11.9 Å². The summed E-state index contributed by atoms with van der Waals surface area (Å²) in [4.78, 5) is 25.2. The second kappa shape index (κ2) is 14.6. The third-order valence-electron chi connectivity index (χ3n) is 6.15. The Labute approximate surface area is 193 Å². The number of carbonyl (C=O) groups excluding carboxylic acids is 2. The molecule has 1 aromatic carbocycles. The van der Waals surface area contributed by atoms with Crippen molar-refractivity contribution in [3.63, 3.8) is 0 Å². The van der Waals surface area contributed by atoms with Gasteiger partial charge in [-0.3, -0.25) is 9.59 Å². The number of methoxy groups -OCH3 is 1. The number of aryl methyl sites for hydroxylation is 1. The van der Waals surface area contributed by atoms with E-state index in [1.807, 2.05) is 35.3 Å². The molecule has 0 bridgehead atoms. The molecule has 1 aliphatic rings. The molecular formula is C27H39NO4. The van der Waals surface area contributed by atoms with Crippen molar-refractivity contribution in [1.82, 2.24) is 4.90 Å². The number of aliphatic hydroxyl groups excluding tert-OH is 1. The first-order valence-electron chi connectivity index (χ1n) is 11.9. The Bertz CT molecular complexity index is 743. The van der Waals surface area contributed by atoms with Crippen LogP contribution in [0.5, 0.6) is 0 Å². The Morgan fingerprint density at radius 1 is 1.22 bits per heavy atom. The van der Waals surface area contributed by atoms with Gasteiger partial charge in [0.05, 0.1) is 19.3 Å². The molecule has 3 atom stereocenters. The van der Waals surface area contributed by atoms with Crippen LogP contribution in [0.2, 0.25) is 0 Å². The van der Waals surface area contributed by atoms with Gasteiger partial charge in [-0.15, -0.1) is 0 Å². The zero-order chi connectivity index (χ0) is 23.2. The normalized spacial score (nSPS) is 18.5. The number of hydrogen-bond donors (Lipinski definition) is 1. The van der Waals surface area contributed by atoms with Gasteiger partial charge in [0.15, 0.2) is 0 Å². The smallest absolute Gasteiger partial charge is 0.305 e. The maximum atomic E-state index is 12.2. The van der Waals surface area contributed by atoms with E-state index >= 15 is 0 Å². The summed E-state index contributed by atoms with van der Waals surface area (Å²) in [6, 6.07) is 10.6. The molecule has 1 saturated heterocycles. The number of benzene rings is 1. The number of esters is 1. The first-order valence-corrected chi connectivity index (χ1v) is 11.9. The van der Waals surface area contributed by atoms with Crippen molar-refractivity contribution in [3.05, 3.63) is 60.2 Å². The van der Waals surface area contributed by atoms with E-state index in [9.17, 15) is 14.7 Å². The topological polar surface area (TPSA) is 66.8 Å². The summed E-state index contributed by atoms with van der Waals surface area (Å²) in [7, 11) is 1.40. The molecule has 1 N–H and O–H groups in total. The summed E-state index contributed by atoms with van der Waals surface area (Å²) in [6.07, 6.45) is 15.0. The summed E-state index contributed by atoms with van der Waals surface area (Å²) >= 11 is 0. The fraction of sp³-hybridized carbons (Fsp3) is 0.556. The number of ether oxygens (including phenoxy) is 1. The molecule has 176 valence electrons. The molecule has 1 fully saturated rings. The molecule has 1 amide bonds. The highest BCUT2D eigenvalue weighted by Crippen LogP contribution is 2.21. The molecule has 5 nitrogen and oxygen atoms in total. The van der Waals surface area contributed by atoms with Crippen LogP contribution in [0.25, 0.3) is 0 Å². The van der Waals surface area contributed by atoms with Gasteiger partial charge in [0, 0.05) is 19.4 Å². The van der Waals surface area contributed by atoms with Crippen LogP contribution < -0.4 is 0 Å². The third-order valence-corrected chi connectivity index (χ3v) is 6.15. The van der Waals surface area contributed by atoms with E-state index in [1.54, 1.807) is 0 Å². The summed E-state index contributed by atoms with van der Waals surface area (Å²) in [5.74, 6) is 0.159. The number of likely N-dealkylation sites (tertiary alicyclic amines) is 1. The van der Waals surface area contributed by atoms with E-state index in [0.717, 1.165) is 44.9 Å². The number of nitrogens with zero attached hydrogens (tertiary/aromatic N) is 1. The fourth-order valence-corrected chi connectivity index (χ4v) is 4.01. The van der Waals surface area contributed by atoms with Crippen molar-refractivity contribution in [1.29, 1.82) is 0 Å². The monoisotopic (exact) mass is 441 g/mol. The molecule has 0 spiro atoms. The molecular weight excluding hydrogens is 402 g/mol. The molecule has 1 unspecified atom stereocenters. The van der Waals surface area contributed by atoms with Gasteiger partial charge in [-0.05, 0) is 50.0 Å². The lowest BCUT2D eigenvalue weighted by molar-refractivity contribution is -0.140. The van der Waals surface area contributed by atoms with Gasteiger partial charge in [-0.25, -0.2) is 0 Å². The molecule has 0 radical (unpaired) electrons. The third kappa shape index (κ3) is 9.39. The predicted molar refractivity (Wildman–Crippen MR) is 128 cm³/mol. The lowest BCUT2D eigenvalue weighted by Gasteiger charge is -2.22. The number of carbonyl (C=O) groups is 2. The average molecular weight is 442 g/mol. The van der Waals surface area contributed by atoms with E-state index in [0.29, 0.717) is 19.4 Å². The Morgan fingerprint density at radius 3 is 2.75 bits per heavy atom. The number of aliphatic hydroxyl groups is 1. The molecule has 1 heterocycles. The number of amides is 1. The average Bonchev–Trinajstić information content (AvgIpc) is 3.16. The summed E-state index contributed by atoms with van der Waals surface area (Å²) in [6.45, 7) is 2.66. The zero-order valence-electron chi connectivity index (χ0n) is 19.6. The van der Waals surface area contributed by atoms with Crippen LogP contribution in [0.1, 0.15) is 63.9 Å². The fourth-order valence-electron chi connectivity index (χ4n) is 4.01. The number of allylic oxidation sites excluding steroid dienone is 1. The summed E-state index contributed by atoms with van der Waals surface area (Å²) in [5, 5.41) is 10.5. The molecule has 32 heavy (non-hydrogen) atoms. The van der Waals surface area contributed by atoms with E-state index in [4.69, 9.17) is 0 Å². The maximum Gasteiger partial charge on any atom is 0.305 e. The van der Waals surface area contributed by atoms with Crippen molar-refractivity contribution in [2.24, 2.45) is 5.92 Å². The highest BCUT2D eigenvalue weighted by Gasteiger charge is 2.28. The minimum Gasteiger partial charge on any atom is -0.469 e. The number of hydrogen-bond acceptors (Lipinski definition) is 4. The lowest BCUT2D eigenvalue weighted by Crippen LogP contribution is -2.32. The van der Waals surface area contributed by atoms with Crippen molar-refractivity contribution in [3.8, 4) is 0 Å². The first kappa shape index (κ1) is 25.9. The van der Waals surface area contributed by atoms with Crippen LogP contribution in [-0.2, 0) is 20.7 Å². The van der Waals surface area contributed by atoms with Crippen molar-refractivity contribution < 1.29 is 19.4 Å². The predicted octanol–water partition coefficient (Wildman–Crippen LogP) is 4.84. The summed E-state index contributed by atoms with van der Waals surface area (Å²) < 4.78 is 4.63. The van der Waals surface area contributed by atoms with Crippen LogP contribution >= 0.6 is 0 Å². The second-order valence-corrected chi connectivity index (χ2v) is 8.68. The van der Waals surface area contributed by atoms with Crippen molar-refractivity contribution in [2.75, 3.05) is 13.7 Å². The van der Waals surface area contributed by atoms with E-state index in [2.05, 4.69) is 35.9 Å². The number of unbranched alkanes of at least 4 members (excludes halogenated alkanes) is 2. The SMILES string of the molecule is COC(=O)CCCC=CCN1C(=O)CCC1C=C[C@@H](O)[C@@H](C)CCCCc1ccccc1. The Hall–Kier alpha value is -2.40. The molecule has 0 saturated carbocycles. The van der Waals surface area contributed by atoms with E-state index < -0.39 is 6.10 Å². The molecule has 5 heteroatoms. The molecule has 0 aliphatic carbocycles. The van der Waals surface area contributed by atoms with Crippen LogP contribution in [0, 0.1) is 5.92 Å². The van der Waals surface area contributed by atoms with Gasteiger partial charge >= 0.3 is 5.97 Å². The second-order valence-electron chi connectivity index (χ2n) is 8.68. The molecule has 1 aliphatic heterocycles. The van der Waals surface area contributed by atoms with Crippen LogP contribution in [0.4, 0.5) is 0 Å². The Morgan fingerprint density at radius 2 is 2.00 bits per heavy atom. The van der Waals surface area contributed by atoms with Gasteiger partial charge in [-0.2, -0.15) is 0 Å². The van der Waals surface area contributed by atoms with Crippen LogP contribution in [-0.4, -0.2) is 47.7 Å². The molecule has 0 aromatic heterocycles. The van der Waals surface area contributed by atoms with Crippen molar-refractivity contribution in [2.45, 2.75) is 76.9 Å². The Kier molecular flexibility index (Phi) is 11.8. The van der Waals surface area contributed by atoms with Gasteiger partial charge in [0.1, 0.15) is 0 Å². The minimum atomic E-state index is -0.488. The zero-order valence-corrected chi connectivity index (χ0v) is 19.6. The van der Waals surface area contributed by atoms with Gasteiger partial charge < -0.3 is 14.7 Å². The largest absolute Gasteiger partial charge is 0.469 e. The molecule has 1 aromatic rings. The lowest BCUT2D eigenvalue weighted by atomic mass is 9.95. The molecule has 2 rings (SSSR count). The summed E-state index contributed by atoms with van der Waals surface area (Å²) in [5.41, 5.74) is 1.36.